The Morgan fingerprint density at radius 2 is 2.33 bits per heavy atom. The molecule has 1 aliphatic rings. The molecular formula is C16H22ClNO3. The fourth-order valence-corrected chi connectivity index (χ4v) is 3.32. The first kappa shape index (κ1) is 16.1. The fraction of sp³-hybridized carbons (Fsp3) is 0.562. The molecule has 5 heteroatoms. The number of ether oxygens (including phenoxy) is 1. The third-order valence-electron chi connectivity index (χ3n) is 4.11. The molecule has 21 heavy (non-hydrogen) atoms. The zero-order valence-corrected chi connectivity index (χ0v) is 13.1. The van der Waals surface area contributed by atoms with Crippen LogP contribution in [-0.2, 0) is 4.79 Å². The standard InChI is InChI=1S/C16H22ClNO3/c1-2-7-16(15(19)20)8-4-9-18(16)10-11-21-14-6-3-5-13(17)12-14/h3,5-6,12H,2,4,7-11H2,1H3,(H,19,20). The number of halogens is 1. The highest BCUT2D eigenvalue weighted by molar-refractivity contribution is 6.30. The van der Waals surface area contributed by atoms with Gasteiger partial charge in [0.25, 0.3) is 0 Å². The van der Waals surface area contributed by atoms with Crippen molar-refractivity contribution in [3.05, 3.63) is 29.3 Å². The van der Waals surface area contributed by atoms with Gasteiger partial charge in [0.15, 0.2) is 0 Å². The number of hydrogen-bond acceptors (Lipinski definition) is 3. The summed E-state index contributed by atoms with van der Waals surface area (Å²) in [7, 11) is 0. The summed E-state index contributed by atoms with van der Waals surface area (Å²) in [6.07, 6.45) is 3.23. The van der Waals surface area contributed by atoms with Gasteiger partial charge in [0.2, 0.25) is 0 Å². The first-order chi connectivity index (χ1) is 10.1. The van der Waals surface area contributed by atoms with Crippen molar-refractivity contribution in [1.29, 1.82) is 0 Å². The van der Waals surface area contributed by atoms with E-state index in [0.717, 1.165) is 31.6 Å². The molecule has 1 unspecified atom stereocenters. The van der Waals surface area contributed by atoms with Crippen molar-refractivity contribution in [2.24, 2.45) is 0 Å². The molecule has 0 aliphatic carbocycles. The molecule has 1 N–H and O–H groups in total. The molecule has 1 fully saturated rings. The molecule has 4 nitrogen and oxygen atoms in total. The summed E-state index contributed by atoms with van der Waals surface area (Å²) in [5.41, 5.74) is -0.702. The monoisotopic (exact) mass is 311 g/mol. The molecular weight excluding hydrogens is 290 g/mol. The van der Waals surface area contributed by atoms with E-state index in [0.29, 0.717) is 24.6 Å². The zero-order chi connectivity index (χ0) is 15.3. The summed E-state index contributed by atoms with van der Waals surface area (Å²) < 4.78 is 5.68. The normalized spacial score (nSPS) is 22.4. The predicted molar refractivity (Wildman–Crippen MR) is 83.0 cm³/mol. The molecule has 1 aliphatic heterocycles. The van der Waals surface area contributed by atoms with Crippen molar-refractivity contribution in [2.75, 3.05) is 19.7 Å². The quantitative estimate of drug-likeness (QED) is 0.838. The lowest BCUT2D eigenvalue weighted by Gasteiger charge is -2.34. The Morgan fingerprint density at radius 1 is 1.52 bits per heavy atom. The lowest BCUT2D eigenvalue weighted by Crippen LogP contribution is -2.51. The van der Waals surface area contributed by atoms with E-state index in [4.69, 9.17) is 16.3 Å². The van der Waals surface area contributed by atoms with Gasteiger partial charge in [0.05, 0.1) is 0 Å². The Balaban J connectivity index is 1.93. The topological polar surface area (TPSA) is 49.8 Å². The van der Waals surface area contributed by atoms with Gasteiger partial charge in [0.1, 0.15) is 17.9 Å². The van der Waals surface area contributed by atoms with Crippen molar-refractivity contribution in [1.82, 2.24) is 4.90 Å². The van der Waals surface area contributed by atoms with Crippen LogP contribution in [0.4, 0.5) is 0 Å². The smallest absolute Gasteiger partial charge is 0.324 e. The minimum absolute atomic E-state index is 0.471. The van der Waals surface area contributed by atoms with E-state index in [1.807, 2.05) is 19.1 Å². The highest BCUT2D eigenvalue weighted by Crippen LogP contribution is 2.33. The molecule has 0 aromatic heterocycles. The molecule has 116 valence electrons. The summed E-state index contributed by atoms with van der Waals surface area (Å²) in [5, 5.41) is 10.3. The molecule has 1 aromatic rings. The van der Waals surface area contributed by atoms with Crippen LogP contribution >= 0.6 is 11.6 Å². The first-order valence-electron chi connectivity index (χ1n) is 7.45. The highest BCUT2D eigenvalue weighted by atomic mass is 35.5. The van der Waals surface area contributed by atoms with Gasteiger partial charge in [-0.3, -0.25) is 9.69 Å². The zero-order valence-electron chi connectivity index (χ0n) is 12.3. The van der Waals surface area contributed by atoms with Crippen LogP contribution in [0.5, 0.6) is 5.75 Å². The Bertz CT molecular complexity index is 494. The Hall–Kier alpha value is -1.26. The predicted octanol–water partition coefficient (Wildman–Crippen LogP) is 3.44. The molecule has 0 bridgehead atoms. The highest BCUT2D eigenvalue weighted by Gasteiger charge is 2.46. The second-order valence-corrected chi connectivity index (χ2v) is 5.92. The number of nitrogens with zero attached hydrogens (tertiary/aromatic N) is 1. The van der Waals surface area contributed by atoms with E-state index in [1.54, 1.807) is 12.1 Å². The van der Waals surface area contributed by atoms with Crippen LogP contribution < -0.4 is 4.74 Å². The number of aliphatic carboxylic acids is 1. The van der Waals surface area contributed by atoms with E-state index in [1.165, 1.54) is 0 Å². The van der Waals surface area contributed by atoms with Gasteiger partial charge in [-0.05, 0) is 44.0 Å². The van der Waals surface area contributed by atoms with E-state index in [9.17, 15) is 9.90 Å². The average molecular weight is 312 g/mol. The lowest BCUT2D eigenvalue weighted by molar-refractivity contribution is -0.150. The number of rotatable bonds is 7. The van der Waals surface area contributed by atoms with Crippen LogP contribution in [0.15, 0.2) is 24.3 Å². The molecule has 1 atom stereocenters. The average Bonchev–Trinajstić information content (AvgIpc) is 2.84. The molecule has 1 saturated heterocycles. The lowest BCUT2D eigenvalue weighted by atomic mass is 9.91. The van der Waals surface area contributed by atoms with Gasteiger partial charge in [-0.25, -0.2) is 0 Å². The van der Waals surface area contributed by atoms with Crippen LogP contribution in [0.3, 0.4) is 0 Å². The molecule has 1 heterocycles. The maximum absolute atomic E-state index is 11.7. The maximum Gasteiger partial charge on any atom is 0.324 e. The summed E-state index contributed by atoms with van der Waals surface area (Å²) in [6.45, 7) is 3.95. The van der Waals surface area contributed by atoms with Crippen molar-refractivity contribution in [3.8, 4) is 5.75 Å². The van der Waals surface area contributed by atoms with Crippen molar-refractivity contribution < 1.29 is 14.6 Å². The van der Waals surface area contributed by atoms with Gasteiger partial charge in [0, 0.05) is 11.6 Å². The van der Waals surface area contributed by atoms with Gasteiger partial charge in [-0.15, -0.1) is 0 Å². The SMILES string of the molecule is CCCC1(C(=O)O)CCCN1CCOc1cccc(Cl)c1. The Labute approximate surface area is 130 Å². The second kappa shape index (κ2) is 7.14. The number of likely N-dealkylation sites (tertiary alicyclic amines) is 1. The Kier molecular flexibility index (Phi) is 5.48. The first-order valence-corrected chi connectivity index (χ1v) is 7.83. The van der Waals surface area contributed by atoms with Crippen LogP contribution in [0.1, 0.15) is 32.6 Å². The minimum Gasteiger partial charge on any atom is -0.492 e. The van der Waals surface area contributed by atoms with Crippen LogP contribution in [-0.4, -0.2) is 41.2 Å². The Morgan fingerprint density at radius 3 is 3.00 bits per heavy atom. The van der Waals surface area contributed by atoms with E-state index >= 15 is 0 Å². The van der Waals surface area contributed by atoms with Crippen LogP contribution in [0, 0.1) is 0 Å². The number of hydrogen-bond donors (Lipinski definition) is 1. The summed E-state index contributed by atoms with van der Waals surface area (Å²) >= 11 is 5.91. The fourth-order valence-electron chi connectivity index (χ4n) is 3.14. The van der Waals surface area contributed by atoms with Crippen molar-refractivity contribution >= 4 is 17.6 Å². The summed E-state index contributed by atoms with van der Waals surface area (Å²) in [6, 6.07) is 7.26. The van der Waals surface area contributed by atoms with Gasteiger partial charge in [-0.2, -0.15) is 0 Å². The second-order valence-electron chi connectivity index (χ2n) is 5.48. The number of carbonyl (C=O) groups is 1. The summed E-state index contributed by atoms with van der Waals surface area (Å²) in [5.74, 6) is 0.0164. The third-order valence-corrected chi connectivity index (χ3v) is 4.35. The number of benzene rings is 1. The molecule has 0 amide bonds. The van der Waals surface area contributed by atoms with Crippen LogP contribution in [0.25, 0.3) is 0 Å². The van der Waals surface area contributed by atoms with Crippen molar-refractivity contribution in [3.63, 3.8) is 0 Å². The van der Waals surface area contributed by atoms with Crippen molar-refractivity contribution in [2.45, 2.75) is 38.1 Å². The molecule has 0 spiro atoms. The number of carboxylic acid groups (broad SMARTS) is 1. The van der Waals surface area contributed by atoms with Gasteiger partial charge in [-0.1, -0.05) is 31.0 Å². The molecule has 0 radical (unpaired) electrons. The molecule has 0 saturated carbocycles. The van der Waals surface area contributed by atoms with E-state index < -0.39 is 11.5 Å². The largest absolute Gasteiger partial charge is 0.492 e. The molecule has 1 aromatic carbocycles. The van der Waals surface area contributed by atoms with E-state index in [-0.39, 0.29) is 0 Å². The van der Waals surface area contributed by atoms with Gasteiger partial charge >= 0.3 is 5.97 Å². The number of carboxylic acids is 1. The van der Waals surface area contributed by atoms with Gasteiger partial charge < -0.3 is 9.84 Å². The maximum atomic E-state index is 11.7. The van der Waals surface area contributed by atoms with E-state index in [2.05, 4.69) is 4.90 Å². The third kappa shape index (κ3) is 3.69. The van der Waals surface area contributed by atoms with Crippen LogP contribution in [0.2, 0.25) is 5.02 Å². The molecule has 2 rings (SSSR count). The minimum atomic E-state index is -0.704. The summed E-state index contributed by atoms with van der Waals surface area (Å²) in [4.78, 5) is 13.8.